The van der Waals surface area contributed by atoms with Crippen LogP contribution in [-0.4, -0.2) is 35.0 Å². The molecule has 0 aliphatic heterocycles. The second-order valence-electron chi connectivity index (χ2n) is 7.72. The van der Waals surface area contributed by atoms with Crippen molar-refractivity contribution in [3.05, 3.63) is 89.6 Å². The number of Topliss-reactive ketones (excluding diaryl/α,β-unsaturated/α-hetero) is 1. The van der Waals surface area contributed by atoms with E-state index in [1.54, 1.807) is 18.3 Å². The van der Waals surface area contributed by atoms with E-state index in [-0.39, 0.29) is 25.7 Å². The molecule has 0 radical (unpaired) electrons. The number of hydrogen-bond acceptors (Lipinski definition) is 5. The van der Waals surface area contributed by atoms with Crippen LogP contribution in [0.25, 0.3) is 0 Å². The van der Waals surface area contributed by atoms with Crippen LogP contribution in [0.5, 0.6) is 5.75 Å². The van der Waals surface area contributed by atoms with Crippen LogP contribution in [-0.2, 0) is 11.2 Å². The van der Waals surface area contributed by atoms with Gasteiger partial charge < -0.3 is 15.2 Å². The molecule has 3 rings (SSSR count). The second kappa shape index (κ2) is 13.3. The molecule has 0 spiro atoms. The van der Waals surface area contributed by atoms with E-state index >= 15 is 0 Å². The Morgan fingerprint density at radius 2 is 1.76 bits per heavy atom. The number of nitrogens with one attached hydrogen (secondary N) is 1. The molecule has 1 unspecified atom stereocenters. The summed E-state index contributed by atoms with van der Waals surface area (Å²) in [5.74, 6) is -0.323. The van der Waals surface area contributed by atoms with Gasteiger partial charge in [0.2, 0.25) is 0 Å². The summed E-state index contributed by atoms with van der Waals surface area (Å²) in [5, 5.41) is 12.8. The number of anilines is 1. The third kappa shape index (κ3) is 8.61. The molecule has 7 heteroatoms. The van der Waals surface area contributed by atoms with Gasteiger partial charge >= 0.3 is 5.97 Å². The number of carbonyl (C=O) groups is 2. The number of rotatable bonds is 12. The molecule has 2 aromatic carbocycles. The Bertz CT molecular complexity index is 1010. The van der Waals surface area contributed by atoms with Crippen LogP contribution in [0.2, 0.25) is 0 Å². The summed E-state index contributed by atoms with van der Waals surface area (Å²) in [4.78, 5) is 28.4. The van der Waals surface area contributed by atoms with Crippen LogP contribution in [0.1, 0.15) is 34.3 Å². The lowest BCUT2D eigenvalue weighted by molar-refractivity contribution is -0.141. The molecule has 0 fully saturated rings. The zero-order valence-electron chi connectivity index (χ0n) is 18.7. The van der Waals surface area contributed by atoms with Crippen LogP contribution in [0, 0.1) is 12.8 Å². The van der Waals surface area contributed by atoms with Crippen molar-refractivity contribution in [2.75, 3.05) is 18.5 Å². The lowest BCUT2D eigenvalue weighted by atomic mass is 9.92. The SMILES string of the molecule is Cc1ccc(C(=O)CC(Cc2ccc(OCCCNc3ccccn3)cc2)C(=O)O)cc1.S. The Balaban J connectivity index is 0.00000385. The maximum absolute atomic E-state index is 12.5. The van der Waals surface area contributed by atoms with E-state index in [1.165, 1.54) is 0 Å². The van der Waals surface area contributed by atoms with Crippen molar-refractivity contribution >= 4 is 31.1 Å². The minimum atomic E-state index is -0.966. The molecule has 174 valence electrons. The number of pyridine rings is 1. The molecule has 0 aliphatic carbocycles. The van der Waals surface area contributed by atoms with E-state index in [9.17, 15) is 14.7 Å². The van der Waals surface area contributed by atoms with Crippen molar-refractivity contribution in [2.45, 2.75) is 26.2 Å². The van der Waals surface area contributed by atoms with Gasteiger partial charge in [-0.25, -0.2) is 4.98 Å². The number of aromatic nitrogens is 1. The maximum Gasteiger partial charge on any atom is 0.307 e. The number of hydrogen-bond donors (Lipinski definition) is 2. The molecular formula is C26H30N2O4S. The number of ether oxygens (including phenoxy) is 1. The van der Waals surface area contributed by atoms with Gasteiger partial charge in [-0.15, -0.1) is 0 Å². The first-order chi connectivity index (χ1) is 15.5. The van der Waals surface area contributed by atoms with Crippen LogP contribution >= 0.6 is 13.5 Å². The first-order valence-electron chi connectivity index (χ1n) is 10.7. The van der Waals surface area contributed by atoms with Gasteiger partial charge in [0.05, 0.1) is 12.5 Å². The van der Waals surface area contributed by atoms with Crippen molar-refractivity contribution < 1.29 is 19.4 Å². The Hall–Kier alpha value is -3.32. The lowest BCUT2D eigenvalue weighted by Gasteiger charge is -2.13. The van der Waals surface area contributed by atoms with Crippen LogP contribution in [0.15, 0.2) is 72.9 Å². The highest BCUT2D eigenvalue weighted by Crippen LogP contribution is 2.19. The van der Waals surface area contributed by atoms with E-state index in [0.29, 0.717) is 18.6 Å². The fraction of sp³-hybridized carbons (Fsp3) is 0.269. The van der Waals surface area contributed by atoms with Crippen LogP contribution < -0.4 is 10.1 Å². The number of aryl methyl sites for hydroxylation is 1. The molecule has 33 heavy (non-hydrogen) atoms. The monoisotopic (exact) mass is 466 g/mol. The Morgan fingerprint density at radius 1 is 1.03 bits per heavy atom. The topological polar surface area (TPSA) is 88.5 Å². The Morgan fingerprint density at radius 3 is 2.39 bits per heavy atom. The fourth-order valence-corrected chi connectivity index (χ4v) is 3.28. The standard InChI is InChI=1S/C26H28N2O4.H2S/c1-19-6-10-21(11-7-19)24(29)18-22(26(30)31)17-20-8-12-23(13-9-20)32-16-4-15-28-25-5-2-3-14-27-25;/h2-3,5-14,22H,4,15-18H2,1H3,(H,27,28)(H,30,31);1H2. The predicted octanol–water partition coefficient (Wildman–Crippen LogP) is 4.90. The molecule has 2 N–H and O–H groups in total. The zero-order chi connectivity index (χ0) is 22.8. The number of carboxylic acids is 1. The van der Waals surface area contributed by atoms with E-state index < -0.39 is 11.9 Å². The Kier molecular flexibility index (Phi) is 10.4. The minimum absolute atomic E-state index is 0. The van der Waals surface area contributed by atoms with E-state index in [0.717, 1.165) is 35.7 Å². The summed E-state index contributed by atoms with van der Waals surface area (Å²) in [6.07, 6.45) is 2.83. The van der Waals surface area contributed by atoms with Gasteiger partial charge in [0.15, 0.2) is 5.78 Å². The van der Waals surface area contributed by atoms with Gasteiger partial charge in [-0.2, -0.15) is 13.5 Å². The van der Waals surface area contributed by atoms with E-state index in [4.69, 9.17) is 4.74 Å². The zero-order valence-corrected chi connectivity index (χ0v) is 19.7. The van der Waals surface area contributed by atoms with Crippen molar-refractivity contribution in [1.29, 1.82) is 0 Å². The molecule has 1 aromatic heterocycles. The molecule has 0 amide bonds. The van der Waals surface area contributed by atoms with Gasteiger partial charge in [-0.05, 0) is 49.6 Å². The summed E-state index contributed by atoms with van der Waals surface area (Å²) >= 11 is 0. The third-order valence-electron chi connectivity index (χ3n) is 5.12. The summed E-state index contributed by atoms with van der Waals surface area (Å²) in [5.41, 5.74) is 2.46. The number of carbonyl (C=O) groups excluding carboxylic acids is 1. The van der Waals surface area contributed by atoms with Gasteiger partial charge in [0.1, 0.15) is 11.6 Å². The van der Waals surface area contributed by atoms with Crippen LogP contribution in [0.4, 0.5) is 5.82 Å². The quantitative estimate of drug-likeness (QED) is 0.292. The highest BCUT2D eigenvalue weighted by molar-refractivity contribution is 7.59. The summed E-state index contributed by atoms with van der Waals surface area (Å²) in [6.45, 7) is 3.26. The molecule has 1 heterocycles. The van der Waals surface area contributed by atoms with Crippen LogP contribution in [0.3, 0.4) is 0 Å². The van der Waals surface area contributed by atoms with Crippen molar-refractivity contribution in [1.82, 2.24) is 4.98 Å². The Labute approximate surface area is 201 Å². The van der Waals surface area contributed by atoms with Crippen molar-refractivity contribution in [3.8, 4) is 5.75 Å². The molecule has 0 saturated heterocycles. The van der Waals surface area contributed by atoms with Gasteiger partial charge in [-0.3, -0.25) is 9.59 Å². The molecule has 3 aromatic rings. The largest absolute Gasteiger partial charge is 0.494 e. The summed E-state index contributed by atoms with van der Waals surface area (Å²) < 4.78 is 5.75. The maximum atomic E-state index is 12.5. The van der Waals surface area contributed by atoms with Crippen molar-refractivity contribution in [3.63, 3.8) is 0 Å². The highest BCUT2D eigenvalue weighted by atomic mass is 32.1. The van der Waals surface area contributed by atoms with Gasteiger partial charge in [0.25, 0.3) is 0 Å². The molecular weight excluding hydrogens is 436 g/mol. The number of carboxylic acid groups (broad SMARTS) is 1. The van der Waals surface area contributed by atoms with Crippen molar-refractivity contribution in [2.24, 2.45) is 5.92 Å². The van der Waals surface area contributed by atoms with Gasteiger partial charge in [0, 0.05) is 24.7 Å². The number of ketones is 1. The van der Waals surface area contributed by atoms with Gasteiger partial charge in [-0.1, -0.05) is 48.0 Å². The fourth-order valence-electron chi connectivity index (χ4n) is 3.28. The van der Waals surface area contributed by atoms with E-state index in [1.807, 2.05) is 61.5 Å². The normalized spacial score (nSPS) is 11.2. The minimum Gasteiger partial charge on any atom is -0.494 e. The first kappa shape index (κ1) is 25.9. The first-order valence-corrected chi connectivity index (χ1v) is 10.7. The molecule has 0 saturated carbocycles. The second-order valence-corrected chi connectivity index (χ2v) is 7.72. The summed E-state index contributed by atoms with van der Waals surface area (Å²) in [6, 6.07) is 20.3. The molecule has 1 atom stereocenters. The average molecular weight is 467 g/mol. The predicted molar refractivity (Wildman–Crippen MR) is 135 cm³/mol. The summed E-state index contributed by atoms with van der Waals surface area (Å²) in [7, 11) is 0. The smallest absolute Gasteiger partial charge is 0.307 e. The highest BCUT2D eigenvalue weighted by Gasteiger charge is 2.22. The average Bonchev–Trinajstić information content (AvgIpc) is 2.80. The molecule has 0 bridgehead atoms. The number of benzene rings is 2. The number of aliphatic carboxylic acids is 1. The molecule has 6 nitrogen and oxygen atoms in total. The van der Waals surface area contributed by atoms with E-state index in [2.05, 4.69) is 10.3 Å². The number of nitrogens with zero attached hydrogens (tertiary/aromatic N) is 1. The lowest BCUT2D eigenvalue weighted by Crippen LogP contribution is -2.20. The molecule has 0 aliphatic rings. The third-order valence-corrected chi connectivity index (χ3v) is 5.12.